The van der Waals surface area contributed by atoms with Crippen molar-refractivity contribution in [3.8, 4) is 0 Å². The number of likely N-dealkylation sites (tertiary alicyclic amines) is 1. The van der Waals surface area contributed by atoms with Gasteiger partial charge in [-0.25, -0.2) is 13.1 Å². The smallest absolute Gasteiger partial charge is 0.274 e. The molecule has 1 saturated heterocycles. The normalized spacial score (nSPS) is 23.0. The van der Waals surface area contributed by atoms with Crippen molar-refractivity contribution < 1.29 is 12.8 Å². The second-order valence-corrected chi connectivity index (χ2v) is 7.46. The molecule has 1 aromatic heterocycles. The van der Waals surface area contributed by atoms with Gasteiger partial charge in [0, 0.05) is 25.7 Å². The number of nitrogens with zero attached hydrogens (tertiary/aromatic N) is 1. The maximum atomic E-state index is 12.2. The monoisotopic (exact) mass is 320 g/mol. The van der Waals surface area contributed by atoms with E-state index in [0.717, 1.165) is 13.1 Å². The van der Waals surface area contributed by atoms with E-state index >= 15 is 0 Å². The van der Waals surface area contributed by atoms with Gasteiger partial charge >= 0.3 is 0 Å². The second kappa shape index (κ2) is 6.24. The molecule has 5 nitrogen and oxygen atoms in total. The van der Waals surface area contributed by atoms with Crippen LogP contribution in [0.15, 0.2) is 58.2 Å². The SMILES string of the molecule is C[C@@H]1CN(Cc2ccccc2)C[C@@H]1NS(=O)(=O)c1ccco1. The Morgan fingerprint density at radius 3 is 2.64 bits per heavy atom. The molecule has 118 valence electrons. The van der Waals surface area contributed by atoms with E-state index in [2.05, 4.69) is 28.7 Å². The Morgan fingerprint density at radius 1 is 1.18 bits per heavy atom. The molecule has 0 unspecified atom stereocenters. The minimum Gasteiger partial charge on any atom is -0.452 e. The lowest BCUT2D eigenvalue weighted by Gasteiger charge is -2.16. The summed E-state index contributed by atoms with van der Waals surface area (Å²) in [6, 6.07) is 13.2. The number of furan rings is 1. The number of nitrogens with one attached hydrogen (secondary N) is 1. The van der Waals surface area contributed by atoms with Crippen LogP contribution in [-0.2, 0) is 16.6 Å². The highest BCUT2D eigenvalue weighted by atomic mass is 32.2. The first-order valence-electron chi connectivity index (χ1n) is 7.37. The number of hydrogen-bond donors (Lipinski definition) is 1. The zero-order valence-electron chi connectivity index (χ0n) is 12.5. The van der Waals surface area contributed by atoms with Gasteiger partial charge in [0.1, 0.15) is 0 Å². The van der Waals surface area contributed by atoms with Gasteiger partial charge in [0.25, 0.3) is 10.0 Å². The van der Waals surface area contributed by atoms with Gasteiger partial charge < -0.3 is 4.42 Å². The van der Waals surface area contributed by atoms with Crippen LogP contribution in [0.1, 0.15) is 12.5 Å². The average molecular weight is 320 g/mol. The molecule has 2 aromatic rings. The molecular formula is C16H20N2O3S. The second-order valence-electron chi connectivity index (χ2n) is 5.82. The zero-order chi connectivity index (χ0) is 15.6. The number of sulfonamides is 1. The topological polar surface area (TPSA) is 62.6 Å². The Hall–Kier alpha value is -1.63. The van der Waals surface area contributed by atoms with E-state index in [1.54, 1.807) is 6.07 Å². The Labute approximate surface area is 131 Å². The fourth-order valence-electron chi connectivity index (χ4n) is 2.87. The first kappa shape index (κ1) is 15.3. The van der Waals surface area contributed by atoms with Gasteiger partial charge in [0.05, 0.1) is 6.26 Å². The number of benzene rings is 1. The largest absolute Gasteiger partial charge is 0.452 e. The van der Waals surface area contributed by atoms with Crippen molar-refractivity contribution in [1.82, 2.24) is 9.62 Å². The van der Waals surface area contributed by atoms with Gasteiger partial charge in [-0.1, -0.05) is 37.3 Å². The molecule has 0 radical (unpaired) electrons. The van der Waals surface area contributed by atoms with Crippen molar-refractivity contribution in [3.05, 3.63) is 54.3 Å². The molecule has 3 rings (SSSR count). The summed E-state index contributed by atoms with van der Waals surface area (Å²) in [4.78, 5) is 2.27. The molecule has 1 aliphatic rings. The van der Waals surface area contributed by atoms with Gasteiger partial charge in [0.2, 0.25) is 5.09 Å². The van der Waals surface area contributed by atoms with Crippen LogP contribution in [0.25, 0.3) is 0 Å². The third kappa shape index (κ3) is 3.40. The van der Waals surface area contributed by atoms with Crippen LogP contribution in [0.2, 0.25) is 0 Å². The van der Waals surface area contributed by atoms with Crippen molar-refractivity contribution in [2.24, 2.45) is 5.92 Å². The van der Waals surface area contributed by atoms with Gasteiger partial charge in [-0.2, -0.15) is 0 Å². The van der Waals surface area contributed by atoms with E-state index in [1.807, 2.05) is 18.2 Å². The lowest BCUT2D eigenvalue weighted by molar-refractivity contribution is 0.318. The van der Waals surface area contributed by atoms with E-state index < -0.39 is 10.0 Å². The molecule has 0 spiro atoms. The minimum atomic E-state index is -3.57. The molecule has 1 aliphatic heterocycles. The van der Waals surface area contributed by atoms with E-state index in [0.29, 0.717) is 6.54 Å². The van der Waals surface area contributed by atoms with Crippen LogP contribution >= 0.6 is 0 Å². The average Bonchev–Trinajstić information content (AvgIpc) is 3.11. The van der Waals surface area contributed by atoms with Gasteiger partial charge in [-0.3, -0.25) is 4.90 Å². The van der Waals surface area contributed by atoms with Crippen LogP contribution in [0, 0.1) is 5.92 Å². The molecule has 2 atom stereocenters. The molecule has 22 heavy (non-hydrogen) atoms. The maximum absolute atomic E-state index is 12.2. The lowest BCUT2D eigenvalue weighted by atomic mass is 10.1. The number of hydrogen-bond acceptors (Lipinski definition) is 4. The molecule has 2 heterocycles. The standard InChI is InChI=1S/C16H20N2O3S/c1-13-10-18(11-14-6-3-2-4-7-14)12-15(13)17-22(19,20)16-8-5-9-21-16/h2-9,13,15,17H,10-12H2,1H3/t13-,15+/m1/s1. The van der Waals surface area contributed by atoms with Gasteiger partial charge in [-0.05, 0) is 23.6 Å². The highest BCUT2D eigenvalue weighted by molar-refractivity contribution is 7.89. The molecule has 6 heteroatoms. The summed E-state index contributed by atoms with van der Waals surface area (Å²) >= 11 is 0. The van der Waals surface area contributed by atoms with Crippen molar-refractivity contribution in [1.29, 1.82) is 0 Å². The van der Waals surface area contributed by atoms with Crippen LogP contribution in [0.3, 0.4) is 0 Å². The third-order valence-corrected chi connectivity index (χ3v) is 5.38. The zero-order valence-corrected chi connectivity index (χ0v) is 13.3. The van der Waals surface area contributed by atoms with E-state index in [-0.39, 0.29) is 17.1 Å². The fourth-order valence-corrected chi connectivity index (χ4v) is 4.13. The van der Waals surface area contributed by atoms with Crippen LogP contribution in [-0.4, -0.2) is 32.4 Å². The quantitative estimate of drug-likeness (QED) is 0.916. The third-order valence-electron chi connectivity index (χ3n) is 4.00. The Morgan fingerprint density at radius 2 is 1.95 bits per heavy atom. The van der Waals surface area contributed by atoms with Crippen LogP contribution in [0.5, 0.6) is 0 Å². The van der Waals surface area contributed by atoms with E-state index in [9.17, 15) is 8.42 Å². The Balaban J connectivity index is 1.64. The molecular weight excluding hydrogens is 300 g/mol. The predicted molar refractivity (Wildman–Crippen MR) is 83.7 cm³/mol. The number of rotatable bonds is 5. The first-order valence-corrected chi connectivity index (χ1v) is 8.85. The van der Waals surface area contributed by atoms with Crippen molar-refractivity contribution in [2.45, 2.75) is 24.6 Å². The molecule has 0 amide bonds. The van der Waals surface area contributed by atoms with Gasteiger partial charge in [-0.15, -0.1) is 0 Å². The highest BCUT2D eigenvalue weighted by Gasteiger charge is 2.33. The lowest BCUT2D eigenvalue weighted by Crippen LogP contribution is -2.39. The molecule has 1 fully saturated rings. The summed E-state index contributed by atoms with van der Waals surface area (Å²) in [7, 11) is -3.57. The minimum absolute atomic E-state index is 0.0267. The molecule has 0 aliphatic carbocycles. The van der Waals surface area contributed by atoms with Crippen molar-refractivity contribution >= 4 is 10.0 Å². The van der Waals surface area contributed by atoms with Crippen molar-refractivity contribution in [3.63, 3.8) is 0 Å². The first-order chi connectivity index (χ1) is 10.5. The summed E-state index contributed by atoms with van der Waals surface area (Å²) in [5.41, 5.74) is 1.24. The van der Waals surface area contributed by atoms with E-state index in [1.165, 1.54) is 17.9 Å². The highest BCUT2D eigenvalue weighted by Crippen LogP contribution is 2.21. The predicted octanol–water partition coefficient (Wildman–Crippen LogP) is 2.08. The fraction of sp³-hybridized carbons (Fsp3) is 0.375. The van der Waals surface area contributed by atoms with Gasteiger partial charge in [0.15, 0.2) is 0 Å². The van der Waals surface area contributed by atoms with Crippen molar-refractivity contribution in [2.75, 3.05) is 13.1 Å². The summed E-state index contributed by atoms with van der Waals surface area (Å²) < 4.78 is 32.2. The summed E-state index contributed by atoms with van der Waals surface area (Å²) in [6.07, 6.45) is 1.37. The molecule has 0 bridgehead atoms. The molecule has 1 aromatic carbocycles. The summed E-state index contributed by atoms with van der Waals surface area (Å²) in [5, 5.41) is -0.0267. The summed E-state index contributed by atoms with van der Waals surface area (Å²) in [6.45, 7) is 4.49. The van der Waals surface area contributed by atoms with E-state index in [4.69, 9.17) is 4.42 Å². The van der Waals surface area contributed by atoms with Crippen LogP contribution < -0.4 is 4.72 Å². The molecule has 1 N–H and O–H groups in total. The molecule has 0 saturated carbocycles. The summed E-state index contributed by atoms with van der Waals surface area (Å²) in [5.74, 6) is 0.258. The maximum Gasteiger partial charge on any atom is 0.274 e. The van der Waals surface area contributed by atoms with Crippen LogP contribution in [0.4, 0.5) is 0 Å². The Kier molecular flexibility index (Phi) is 4.33. The Bertz CT molecular complexity index is 698.